The van der Waals surface area contributed by atoms with Crippen molar-refractivity contribution in [2.45, 2.75) is 116 Å². The van der Waals surface area contributed by atoms with Crippen molar-refractivity contribution in [2.75, 3.05) is 20.6 Å². The third kappa shape index (κ3) is 11.1. The molecule has 2 heterocycles. The number of esters is 1. The molecule has 1 aromatic carbocycles. The topological polar surface area (TPSA) is 158 Å². The number of carbonyl (C=O) groups is 5. The summed E-state index contributed by atoms with van der Waals surface area (Å²) in [4.78, 5) is 73.4. The number of carbonyl (C=O) groups excluding carboxylic acids is 4. The Morgan fingerprint density at radius 2 is 1.73 bits per heavy atom. The lowest BCUT2D eigenvalue weighted by molar-refractivity contribution is -0.149. The highest BCUT2D eigenvalue weighted by atomic mass is 32.1. The zero-order chi connectivity index (χ0) is 37.2. The van der Waals surface area contributed by atoms with Crippen LogP contribution in [-0.2, 0) is 30.3 Å². The number of rotatable bonds is 17. The Morgan fingerprint density at radius 1 is 1.02 bits per heavy atom. The van der Waals surface area contributed by atoms with Gasteiger partial charge in [0, 0.05) is 37.9 Å². The Bertz CT molecular complexity index is 1500. The van der Waals surface area contributed by atoms with Crippen molar-refractivity contribution in [2.24, 2.45) is 17.8 Å². The first-order chi connectivity index (χ1) is 24.2. The maximum atomic E-state index is 14.2. The van der Waals surface area contributed by atoms with Crippen LogP contribution in [0.25, 0.3) is 0 Å². The maximum Gasteiger partial charge on any atom is 0.306 e. The molecule has 4 rings (SSSR count). The van der Waals surface area contributed by atoms with Crippen LogP contribution in [0, 0.1) is 17.8 Å². The van der Waals surface area contributed by atoms with Crippen molar-refractivity contribution in [1.29, 1.82) is 0 Å². The molecule has 12 nitrogen and oxygen atoms in total. The number of carboxylic acids is 1. The minimum atomic E-state index is -0.941. The van der Waals surface area contributed by atoms with Gasteiger partial charge in [0.2, 0.25) is 11.8 Å². The van der Waals surface area contributed by atoms with Crippen LogP contribution in [0.1, 0.15) is 106 Å². The van der Waals surface area contributed by atoms with Crippen molar-refractivity contribution < 1.29 is 33.8 Å². The number of aromatic nitrogens is 1. The SMILES string of the molecule is CC(=O)O[C@H](C[C@H](C(C)C)N(C)C(=O)[C@@H](NC(=O)[C@H]1CCCCN1C)C1CCC1)c1nc(C(=O)N[C@@H](Cc2ccccc2)C[C@H](C)C(=O)O)cs1. The van der Waals surface area contributed by atoms with E-state index in [1.807, 2.05) is 51.2 Å². The van der Waals surface area contributed by atoms with E-state index in [9.17, 15) is 29.1 Å². The van der Waals surface area contributed by atoms with Crippen molar-refractivity contribution in [3.8, 4) is 0 Å². The summed E-state index contributed by atoms with van der Waals surface area (Å²) < 4.78 is 5.77. The van der Waals surface area contributed by atoms with Crippen LogP contribution < -0.4 is 10.6 Å². The molecule has 13 heteroatoms. The lowest BCUT2D eigenvalue weighted by Crippen LogP contribution is -2.59. The molecular formula is C38H55N5O7S. The number of thiazole rings is 1. The van der Waals surface area contributed by atoms with E-state index in [-0.39, 0.29) is 54.3 Å². The van der Waals surface area contributed by atoms with Gasteiger partial charge in [0.25, 0.3) is 5.91 Å². The van der Waals surface area contributed by atoms with Gasteiger partial charge < -0.3 is 25.4 Å². The number of piperidine rings is 1. The number of nitrogens with one attached hydrogen (secondary N) is 2. The summed E-state index contributed by atoms with van der Waals surface area (Å²) in [6, 6.07) is 7.84. The Kier molecular flexibility index (Phi) is 14.6. The molecular weight excluding hydrogens is 671 g/mol. The maximum absolute atomic E-state index is 14.2. The van der Waals surface area contributed by atoms with Gasteiger partial charge in [0.15, 0.2) is 6.10 Å². The molecule has 1 saturated carbocycles. The number of aliphatic carboxylic acids is 1. The quantitative estimate of drug-likeness (QED) is 0.194. The van der Waals surface area contributed by atoms with Crippen LogP contribution >= 0.6 is 11.3 Å². The van der Waals surface area contributed by atoms with E-state index < -0.39 is 42.0 Å². The molecule has 1 aliphatic heterocycles. The number of ether oxygens (including phenoxy) is 1. The Morgan fingerprint density at radius 3 is 2.31 bits per heavy atom. The number of hydrogen-bond acceptors (Lipinski definition) is 9. The normalized spacial score (nSPS) is 19.5. The number of nitrogens with zero attached hydrogens (tertiary/aromatic N) is 3. The van der Waals surface area contributed by atoms with E-state index in [0.29, 0.717) is 11.4 Å². The minimum absolute atomic E-state index is 0.0306. The van der Waals surface area contributed by atoms with Gasteiger partial charge >= 0.3 is 11.9 Å². The van der Waals surface area contributed by atoms with Crippen molar-refractivity contribution in [3.05, 3.63) is 52.0 Å². The first-order valence-corrected chi connectivity index (χ1v) is 19.1. The van der Waals surface area contributed by atoms with Gasteiger partial charge in [-0.15, -0.1) is 11.3 Å². The van der Waals surface area contributed by atoms with Crippen LogP contribution in [0.2, 0.25) is 0 Å². The van der Waals surface area contributed by atoms with Gasteiger partial charge in [-0.1, -0.05) is 63.9 Å². The predicted molar refractivity (Wildman–Crippen MR) is 195 cm³/mol. The number of hydrogen-bond donors (Lipinski definition) is 3. The smallest absolute Gasteiger partial charge is 0.306 e. The zero-order valence-corrected chi connectivity index (χ0v) is 31.6. The summed E-state index contributed by atoms with van der Waals surface area (Å²) >= 11 is 1.19. The van der Waals surface area contributed by atoms with E-state index in [1.54, 1.807) is 24.3 Å². The third-order valence-electron chi connectivity index (χ3n) is 10.4. The van der Waals surface area contributed by atoms with Crippen LogP contribution in [0.15, 0.2) is 35.7 Å². The largest absolute Gasteiger partial charge is 0.481 e. The molecule has 1 aromatic heterocycles. The average molecular weight is 726 g/mol. The van der Waals surface area contributed by atoms with Crippen molar-refractivity contribution >= 4 is 41.0 Å². The van der Waals surface area contributed by atoms with E-state index >= 15 is 0 Å². The van der Waals surface area contributed by atoms with Crippen LogP contribution in [0.4, 0.5) is 0 Å². The number of likely N-dealkylation sites (N-methyl/N-ethyl adjacent to an activating group) is 2. The highest BCUT2D eigenvalue weighted by Gasteiger charge is 2.40. The molecule has 0 radical (unpaired) electrons. The molecule has 1 saturated heterocycles. The van der Waals surface area contributed by atoms with E-state index in [4.69, 9.17) is 4.74 Å². The fourth-order valence-corrected chi connectivity index (χ4v) is 7.95. The fourth-order valence-electron chi connectivity index (χ4n) is 7.11. The molecule has 3 N–H and O–H groups in total. The summed E-state index contributed by atoms with van der Waals surface area (Å²) in [7, 11) is 3.70. The number of benzene rings is 1. The van der Waals surface area contributed by atoms with Crippen LogP contribution in [0.3, 0.4) is 0 Å². The van der Waals surface area contributed by atoms with Gasteiger partial charge in [0.05, 0.1) is 12.0 Å². The second-order valence-corrected chi connectivity index (χ2v) is 15.6. The molecule has 2 aliphatic rings. The highest BCUT2D eigenvalue weighted by molar-refractivity contribution is 7.09. The van der Waals surface area contributed by atoms with Gasteiger partial charge in [-0.3, -0.25) is 28.9 Å². The zero-order valence-electron chi connectivity index (χ0n) is 30.8. The molecule has 51 heavy (non-hydrogen) atoms. The second-order valence-electron chi connectivity index (χ2n) is 14.7. The summed E-state index contributed by atoms with van der Waals surface area (Å²) in [5, 5.41) is 17.7. The Balaban J connectivity index is 1.50. The van der Waals surface area contributed by atoms with Gasteiger partial charge in [-0.2, -0.15) is 0 Å². The van der Waals surface area contributed by atoms with Gasteiger partial charge in [-0.25, -0.2) is 4.98 Å². The first kappa shape index (κ1) is 39.9. The fraction of sp³-hybridized carbons (Fsp3) is 0.632. The molecule has 1 aliphatic carbocycles. The van der Waals surface area contributed by atoms with E-state index in [0.717, 1.165) is 50.6 Å². The summed E-state index contributed by atoms with van der Waals surface area (Å²) in [6.45, 7) is 7.78. The number of carboxylic acid groups (broad SMARTS) is 1. The number of likely N-dealkylation sites (tertiary alicyclic amines) is 1. The van der Waals surface area contributed by atoms with E-state index in [1.165, 1.54) is 18.3 Å². The Hall–Kier alpha value is -3.84. The lowest BCUT2D eigenvalue weighted by atomic mass is 9.78. The summed E-state index contributed by atoms with van der Waals surface area (Å²) in [5.74, 6) is -2.80. The van der Waals surface area contributed by atoms with Crippen LogP contribution in [0.5, 0.6) is 0 Å². The molecule has 0 bridgehead atoms. The number of amides is 3. The molecule has 2 fully saturated rings. The van der Waals surface area contributed by atoms with Crippen LogP contribution in [-0.4, -0.2) is 94.4 Å². The van der Waals surface area contributed by atoms with E-state index in [2.05, 4.69) is 20.5 Å². The second kappa shape index (κ2) is 18.6. The monoisotopic (exact) mass is 725 g/mol. The van der Waals surface area contributed by atoms with Gasteiger partial charge in [0.1, 0.15) is 16.7 Å². The third-order valence-corrected chi connectivity index (χ3v) is 11.3. The minimum Gasteiger partial charge on any atom is -0.481 e. The molecule has 6 atom stereocenters. The first-order valence-electron chi connectivity index (χ1n) is 18.2. The molecule has 0 spiro atoms. The van der Waals surface area contributed by atoms with Crippen molar-refractivity contribution in [3.63, 3.8) is 0 Å². The van der Waals surface area contributed by atoms with Gasteiger partial charge in [-0.05, 0) is 69.5 Å². The molecule has 2 aromatic rings. The van der Waals surface area contributed by atoms with Crippen molar-refractivity contribution in [1.82, 2.24) is 25.4 Å². The molecule has 0 unspecified atom stereocenters. The highest BCUT2D eigenvalue weighted by Crippen LogP contribution is 2.34. The summed E-state index contributed by atoms with van der Waals surface area (Å²) in [6.07, 6.45) is 5.68. The standard InChI is InChI=1S/C38H55N5O7S/c1-23(2)31(43(6)37(47)33(27-15-12-16-27)41-35(46)30-17-10-11-18-42(30)5)21-32(50-25(4)44)36-40-29(22-51-36)34(45)39-28(19-24(3)38(48)49)20-26-13-8-7-9-14-26/h7-9,13-14,22-24,27-28,30-33H,10-12,15-21H2,1-6H3,(H,39,45)(H,41,46)(H,48,49)/t24-,28+,30+,31+,32+,33-/m0/s1. The molecule has 280 valence electrons. The lowest BCUT2D eigenvalue weighted by Gasteiger charge is -2.41. The average Bonchev–Trinajstić information content (AvgIpc) is 3.56. The predicted octanol–water partition coefficient (Wildman–Crippen LogP) is 4.84. The summed E-state index contributed by atoms with van der Waals surface area (Å²) in [5.41, 5.74) is 1.10. The Labute approximate surface area is 305 Å². The molecule has 3 amide bonds.